The van der Waals surface area contributed by atoms with Crippen molar-refractivity contribution in [3.8, 4) is 0 Å². The second-order valence-electron chi connectivity index (χ2n) is 8.05. The molecule has 31 heavy (non-hydrogen) atoms. The van der Waals surface area contributed by atoms with Crippen LogP contribution in [0.25, 0.3) is 0 Å². The molecule has 0 aromatic heterocycles. The van der Waals surface area contributed by atoms with Gasteiger partial charge < -0.3 is 14.2 Å². The lowest BCUT2D eigenvalue weighted by molar-refractivity contribution is -0.164. The van der Waals surface area contributed by atoms with Crippen LogP contribution in [0.15, 0.2) is 47.6 Å². The van der Waals surface area contributed by atoms with Crippen molar-refractivity contribution in [2.75, 3.05) is 20.3 Å². The third-order valence-electron chi connectivity index (χ3n) is 5.48. The van der Waals surface area contributed by atoms with Gasteiger partial charge in [0, 0.05) is 22.3 Å². The SMILES string of the molecule is C=C(C)CC1=C(CC(C(=O)CC2(C)OCCO2)C(=O)OC)C(=O)c2ccccc2C1=O. The molecule has 1 aromatic carbocycles. The number of benzene rings is 1. The van der Waals surface area contributed by atoms with Crippen LogP contribution in [0.5, 0.6) is 0 Å². The van der Waals surface area contributed by atoms with Gasteiger partial charge in [0.05, 0.1) is 26.7 Å². The molecule has 2 aliphatic rings. The van der Waals surface area contributed by atoms with Gasteiger partial charge in [-0.3, -0.25) is 19.2 Å². The maximum absolute atomic E-state index is 13.3. The van der Waals surface area contributed by atoms with Crippen LogP contribution >= 0.6 is 0 Å². The number of allylic oxidation sites excluding steroid dienone is 3. The van der Waals surface area contributed by atoms with Crippen molar-refractivity contribution in [3.63, 3.8) is 0 Å². The molecule has 1 fully saturated rings. The van der Waals surface area contributed by atoms with Crippen molar-refractivity contribution >= 4 is 23.3 Å². The van der Waals surface area contributed by atoms with Crippen LogP contribution in [0, 0.1) is 5.92 Å². The number of methoxy groups -OCH3 is 1. The summed E-state index contributed by atoms with van der Waals surface area (Å²) in [4.78, 5) is 52.0. The van der Waals surface area contributed by atoms with Gasteiger partial charge in [0.25, 0.3) is 0 Å². The monoisotopic (exact) mass is 426 g/mol. The maximum Gasteiger partial charge on any atom is 0.316 e. The predicted molar refractivity (Wildman–Crippen MR) is 112 cm³/mol. The number of fused-ring (bicyclic) bond motifs is 1. The van der Waals surface area contributed by atoms with Crippen LogP contribution in [0.1, 0.15) is 53.8 Å². The highest BCUT2D eigenvalue weighted by Crippen LogP contribution is 2.34. The van der Waals surface area contributed by atoms with Crippen LogP contribution in [-0.2, 0) is 23.8 Å². The Labute approximate surface area is 181 Å². The summed E-state index contributed by atoms with van der Waals surface area (Å²) >= 11 is 0. The Balaban J connectivity index is 1.99. The lowest BCUT2D eigenvalue weighted by Gasteiger charge is -2.26. The smallest absolute Gasteiger partial charge is 0.316 e. The fraction of sp³-hybridized carbons (Fsp3) is 0.417. The molecule has 0 N–H and O–H groups in total. The zero-order valence-corrected chi connectivity index (χ0v) is 18.0. The van der Waals surface area contributed by atoms with E-state index >= 15 is 0 Å². The first-order valence-electron chi connectivity index (χ1n) is 10.1. The van der Waals surface area contributed by atoms with Crippen LogP contribution in [0.4, 0.5) is 0 Å². The lowest BCUT2D eigenvalue weighted by atomic mass is 9.77. The number of Topliss-reactive ketones (excluding diaryl/α,β-unsaturated/α-hetero) is 3. The Hall–Kier alpha value is -2.90. The minimum absolute atomic E-state index is 0.147. The highest BCUT2D eigenvalue weighted by atomic mass is 16.7. The topological polar surface area (TPSA) is 96.0 Å². The Morgan fingerprint density at radius 2 is 1.65 bits per heavy atom. The van der Waals surface area contributed by atoms with Gasteiger partial charge in [-0.1, -0.05) is 36.4 Å². The summed E-state index contributed by atoms with van der Waals surface area (Å²) in [5.41, 5.74) is 1.67. The lowest BCUT2D eigenvalue weighted by Crippen LogP contribution is -2.36. The largest absolute Gasteiger partial charge is 0.468 e. The molecule has 1 aromatic rings. The van der Waals surface area contributed by atoms with Crippen molar-refractivity contribution in [2.45, 2.75) is 38.9 Å². The third kappa shape index (κ3) is 4.73. The third-order valence-corrected chi connectivity index (χ3v) is 5.48. The highest BCUT2D eigenvalue weighted by molar-refractivity contribution is 6.27. The van der Waals surface area contributed by atoms with E-state index in [1.807, 2.05) is 0 Å². The van der Waals surface area contributed by atoms with Crippen LogP contribution in [0.2, 0.25) is 0 Å². The summed E-state index contributed by atoms with van der Waals surface area (Å²) in [5, 5.41) is 0. The number of carbonyl (C=O) groups excluding carboxylic acids is 4. The molecular weight excluding hydrogens is 400 g/mol. The summed E-state index contributed by atoms with van der Waals surface area (Å²) in [7, 11) is 1.18. The minimum Gasteiger partial charge on any atom is -0.468 e. The van der Waals surface area contributed by atoms with E-state index in [1.165, 1.54) is 7.11 Å². The highest BCUT2D eigenvalue weighted by Gasteiger charge is 2.41. The van der Waals surface area contributed by atoms with Crippen molar-refractivity contribution in [1.29, 1.82) is 0 Å². The first-order chi connectivity index (χ1) is 14.7. The van der Waals surface area contributed by atoms with E-state index in [1.54, 1.807) is 38.1 Å². The molecule has 1 aliphatic heterocycles. The number of carbonyl (C=O) groups is 4. The van der Waals surface area contributed by atoms with Crippen molar-refractivity contribution in [2.24, 2.45) is 5.92 Å². The van der Waals surface area contributed by atoms with Crippen LogP contribution in [0.3, 0.4) is 0 Å². The molecule has 1 unspecified atom stereocenters. The molecule has 7 heteroatoms. The summed E-state index contributed by atoms with van der Waals surface area (Å²) in [6, 6.07) is 6.53. The Kier molecular flexibility index (Phi) is 6.67. The first kappa shape index (κ1) is 22.8. The first-order valence-corrected chi connectivity index (χ1v) is 10.1. The normalized spacial score (nSPS) is 18.5. The van der Waals surface area contributed by atoms with Gasteiger partial charge in [0.1, 0.15) is 5.92 Å². The molecule has 0 radical (unpaired) electrons. The quantitative estimate of drug-likeness (QED) is 0.358. The number of ketones is 3. The van der Waals surface area contributed by atoms with Gasteiger partial charge in [0.2, 0.25) is 0 Å². The number of hydrogen-bond donors (Lipinski definition) is 0. The molecule has 1 heterocycles. The molecule has 3 rings (SSSR count). The summed E-state index contributed by atoms with van der Waals surface area (Å²) in [6.07, 6.45) is -0.224. The molecule has 1 saturated heterocycles. The standard InChI is InChI=1S/C24H26O7/c1-14(2)11-17-18(22(27)16-8-6-5-7-15(16)21(17)26)12-19(23(28)29-4)20(25)13-24(3)30-9-10-31-24/h5-8,19H,1,9-13H2,2-4H3. The Morgan fingerprint density at radius 1 is 1.10 bits per heavy atom. The van der Waals surface area contributed by atoms with Gasteiger partial charge in [-0.2, -0.15) is 0 Å². The van der Waals surface area contributed by atoms with E-state index < -0.39 is 23.5 Å². The van der Waals surface area contributed by atoms with Gasteiger partial charge in [-0.15, -0.1) is 0 Å². The van der Waals surface area contributed by atoms with E-state index in [0.717, 1.165) is 0 Å². The van der Waals surface area contributed by atoms with E-state index in [2.05, 4.69) is 6.58 Å². The molecule has 0 amide bonds. The zero-order valence-electron chi connectivity index (χ0n) is 18.0. The Morgan fingerprint density at radius 3 is 2.16 bits per heavy atom. The molecule has 7 nitrogen and oxygen atoms in total. The molecule has 164 valence electrons. The average molecular weight is 426 g/mol. The average Bonchev–Trinajstić information content (AvgIpc) is 3.16. The van der Waals surface area contributed by atoms with Gasteiger partial charge in [-0.25, -0.2) is 0 Å². The van der Waals surface area contributed by atoms with Gasteiger partial charge in [-0.05, 0) is 26.7 Å². The number of ether oxygens (including phenoxy) is 3. The number of hydrogen-bond acceptors (Lipinski definition) is 7. The van der Waals surface area contributed by atoms with E-state index in [-0.39, 0.29) is 47.5 Å². The van der Waals surface area contributed by atoms with E-state index in [9.17, 15) is 19.2 Å². The Bertz CT molecular complexity index is 979. The molecule has 0 spiro atoms. The number of rotatable bonds is 8. The molecule has 1 atom stereocenters. The second kappa shape index (κ2) is 9.08. The fourth-order valence-electron chi connectivity index (χ4n) is 3.96. The maximum atomic E-state index is 13.3. The predicted octanol–water partition coefficient (Wildman–Crippen LogP) is 3.23. The zero-order chi connectivity index (χ0) is 22.8. The molecule has 1 aliphatic carbocycles. The second-order valence-corrected chi connectivity index (χ2v) is 8.05. The summed E-state index contributed by atoms with van der Waals surface area (Å²) < 4.78 is 15.8. The summed E-state index contributed by atoms with van der Waals surface area (Å²) in [5.74, 6) is -4.29. The summed E-state index contributed by atoms with van der Waals surface area (Å²) in [6.45, 7) is 7.94. The van der Waals surface area contributed by atoms with E-state index in [4.69, 9.17) is 14.2 Å². The van der Waals surface area contributed by atoms with Crippen LogP contribution < -0.4 is 0 Å². The van der Waals surface area contributed by atoms with E-state index in [0.29, 0.717) is 24.4 Å². The van der Waals surface area contributed by atoms with Gasteiger partial charge >= 0.3 is 5.97 Å². The minimum atomic E-state index is -1.26. The van der Waals surface area contributed by atoms with Crippen molar-refractivity contribution < 1.29 is 33.4 Å². The van der Waals surface area contributed by atoms with Crippen molar-refractivity contribution in [1.82, 2.24) is 0 Å². The molecular formula is C24H26O7. The van der Waals surface area contributed by atoms with Crippen molar-refractivity contribution in [3.05, 3.63) is 58.7 Å². The fourth-order valence-corrected chi connectivity index (χ4v) is 3.96. The molecule has 0 saturated carbocycles. The van der Waals surface area contributed by atoms with Gasteiger partial charge in [0.15, 0.2) is 23.1 Å². The number of esters is 1. The van der Waals surface area contributed by atoms with Crippen LogP contribution in [-0.4, -0.2) is 49.4 Å². The molecule has 0 bridgehead atoms.